The van der Waals surface area contributed by atoms with Crippen LogP contribution < -0.4 is 5.26 Å². The fraction of sp³-hybridized carbons (Fsp3) is 1.00. The molecule has 0 aromatic heterocycles. The fourth-order valence-electron chi connectivity index (χ4n) is 0.533. The van der Waals surface area contributed by atoms with E-state index in [1.807, 2.05) is 0 Å². The summed E-state index contributed by atoms with van der Waals surface area (Å²) in [5.41, 5.74) is 0. The standard InChI is InChI=1S/C4H8O3/c5-7-4-2-1-3-6-7/h1-4H2. The minimum atomic E-state index is 0.458. The van der Waals surface area contributed by atoms with Crippen LogP contribution in [0.5, 0.6) is 0 Å². The summed E-state index contributed by atoms with van der Waals surface area (Å²) in [6.07, 6.45) is 1.94. The van der Waals surface area contributed by atoms with Crippen LogP contribution in [-0.4, -0.2) is 13.2 Å². The second-order valence-electron chi connectivity index (χ2n) is 1.54. The summed E-state index contributed by atoms with van der Waals surface area (Å²) in [6.45, 7) is 1.02. The zero-order valence-corrected chi connectivity index (χ0v) is 4.05. The number of rotatable bonds is 0. The van der Waals surface area contributed by atoms with E-state index in [4.69, 9.17) is 0 Å². The first kappa shape index (κ1) is 5.03. The van der Waals surface area contributed by atoms with Crippen molar-refractivity contribution in [1.29, 1.82) is 0 Å². The van der Waals surface area contributed by atoms with Gasteiger partial charge in [-0.05, 0) is 6.42 Å². The molecule has 3 heteroatoms. The molecule has 1 rings (SSSR count). The second-order valence-corrected chi connectivity index (χ2v) is 1.54. The first-order valence-electron chi connectivity index (χ1n) is 2.41. The quantitative estimate of drug-likeness (QED) is 0.308. The van der Waals surface area contributed by atoms with Gasteiger partial charge in [0.2, 0.25) is 0 Å². The van der Waals surface area contributed by atoms with E-state index in [2.05, 4.69) is 4.89 Å². The van der Waals surface area contributed by atoms with Gasteiger partial charge in [-0.1, -0.05) is 0 Å². The molecule has 0 amide bonds. The topological polar surface area (TPSA) is 35.0 Å². The molecule has 0 radical (unpaired) electrons. The first-order chi connectivity index (χ1) is 3.39. The van der Waals surface area contributed by atoms with E-state index in [9.17, 15) is 5.26 Å². The lowest BCUT2D eigenvalue weighted by atomic mass is 10.3. The van der Waals surface area contributed by atoms with E-state index in [1.54, 1.807) is 0 Å². The van der Waals surface area contributed by atoms with Crippen LogP contribution in [0, 0.1) is 0 Å². The molecular weight excluding hydrogens is 96.0 g/mol. The van der Waals surface area contributed by atoms with Crippen LogP contribution in [0.4, 0.5) is 0 Å². The third kappa shape index (κ3) is 1.43. The summed E-state index contributed by atoms with van der Waals surface area (Å²) in [5, 5.41) is 10.1. The second kappa shape index (κ2) is 2.26. The smallest absolute Gasteiger partial charge is 0.191 e. The lowest BCUT2D eigenvalue weighted by Crippen LogP contribution is -2.31. The summed E-state index contributed by atoms with van der Waals surface area (Å²) in [7, 11) is 0. The van der Waals surface area contributed by atoms with E-state index >= 15 is 0 Å². The summed E-state index contributed by atoms with van der Waals surface area (Å²) in [6, 6.07) is 0. The zero-order valence-electron chi connectivity index (χ0n) is 4.05. The Bertz CT molecular complexity index is 48.9. The molecule has 1 aliphatic heterocycles. The fourth-order valence-corrected chi connectivity index (χ4v) is 0.533. The van der Waals surface area contributed by atoms with Crippen LogP contribution in [0.2, 0.25) is 0 Å². The van der Waals surface area contributed by atoms with Crippen molar-refractivity contribution in [2.75, 3.05) is 13.2 Å². The molecular formula is C4H8O3. The molecule has 0 atom stereocenters. The van der Waals surface area contributed by atoms with Gasteiger partial charge in [0.05, 0.1) is 0 Å². The van der Waals surface area contributed by atoms with E-state index in [0.29, 0.717) is 13.2 Å². The van der Waals surface area contributed by atoms with E-state index < -0.39 is 0 Å². The average molecular weight is 104 g/mol. The van der Waals surface area contributed by atoms with Gasteiger partial charge in [-0.25, -0.2) is 4.67 Å². The summed E-state index contributed by atoms with van der Waals surface area (Å²) < 4.78 is 1.32. The minimum absolute atomic E-state index is 0.458. The molecule has 7 heavy (non-hydrogen) atoms. The van der Waals surface area contributed by atoms with Gasteiger partial charge in [-0.2, -0.15) is 0 Å². The van der Waals surface area contributed by atoms with Gasteiger partial charge in [-0.3, -0.25) is 0 Å². The van der Waals surface area contributed by atoms with Gasteiger partial charge in [0.1, 0.15) is 6.61 Å². The van der Waals surface area contributed by atoms with Crippen LogP contribution in [0.15, 0.2) is 0 Å². The van der Waals surface area contributed by atoms with Gasteiger partial charge < -0.3 is 5.26 Å². The van der Waals surface area contributed by atoms with Crippen molar-refractivity contribution < 1.29 is 14.8 Å². The van der Waals surface area contributed by atoms with Crippen molar-refractivity contribution in [1.82, 2.24) is 0 Å². The highest BCUT2D eigenvalue weighted by Gasteiger charge is 2.07. The molecule has 3 nitrogen and oxygen atoms in total. The van der Waals surface area contributed by atoms with Gasteiger partial charge in [-0.15, -0.1) is 4.89 Å². The number of hydrogen-bond acceptors (Lipinski definition) is 2. The van der Waals surface area contributed by atoms with Crippen LogP contribution in [0.1, 0.15) is 12.8 Å². The molecule has 0 spiro atoms. The van der Waals surface area contributed by atoms with Crippen LogP contribution in [-0.2, 0) is 9.56 Å². The molecule has 1 heterocycles. The lowest BCUT2D eigenvalue weighted by Gasteiger charge is -2.19. The molecule has 0 N–H and O–H groups in total. The molecule has 0 aliphatic carbocycles. The Morgan fingerprint density at radius 3 is 2.57 bits per heavy atom. The largest absolute Gasteiger partial charge is 0.486 e. The van der Waals surface area contributed by atoms with Crippen molar-refractivity contribution in [2.45, 2.75) is 12.8 Å². The third-order valence-electron chi connectivity index (χ3n) is 0.920. The third-order valence-corrected chi connectivity index (χ3v) is 0.920. The molecule has 0 unspecified atom stereocenters. The van der Waals surface area contributed by atoms with Crippen molar-refractivity contribution in [3.8, 4) is 0 Å². The average Bonchev–Trinajstić information content (AvgIpc) is 1.69. The minimum Gasteiger partial charge on any atom is -0.486 e. The molecule has 1 fully saturated rings. The number of hydrogen-bond donors (Lipinski definition) is 0. The molecule has 0 aromatic rings. The molecule has 1 aliphatic rings. The molecule has 0 saturated carbocycles. The maximum Gasteiger partial charge on any atom is 0.191 e. The van der Waals surface area contributed by atoms with Gasteiger partial charge >= 0.3 is 0 Å². The van der Waals surface area contributed by atoms with E-state index in [0.717, 1.165) is 12.8 Å². The maximum atomic E-state index is 10.1. The van der Waals surface area contributed by atoms with E-state index in [1.165, 1.54) is 4.67 Å². The summed E-state index contributed by atoms with van der Waals surface area (Å²) in [4.78, 5) is 4.47. The Morgan fingerprint density at radius 1 is 1.43 bits per heavy atom. The van der Waals surface area contributed by atoms with Crippen molar-refractivity contribution in [3.63, 3.8) is 0 Å². The Labute approximate surface area is 42.0 Å². The Balaban J connectivity index is 2.12. The SMILES string of the molecule is [O-][O+]1CCCCO1. The van der Waals surface area contributed by atoms with Crippen LogP contribution in [0.25, 0.3) is 0 Å². The maximum absolute atomic E-state index is 10.1. The van der Waals surface area contributed by atoms with Crippen LogP contribution >= 0.6 is 0 Å². The molecule has 1 saturated heterocycles. The molecule has 42 valence electrons. The van der Waals surface area contributed by atoms with Crippen molar-refractivity contribution in [3.05, 3.63) is 0 Å². The zero-order chi connectivity index (χ0) is 5.11. The lowest BCUT2D eigenvalue weighted by molar-refractivity contribution is -0.910. The monoisotopic (exact) mass is 104 g/mol. The molecule has 0 bridgehead atoms. The van der Waals surface area contributed by atoms with Crippen LogP contribution in [0.3, 0.4) is 0 Å². The predicted molar refractivity (Wildman–Crippen MR) is 21.1 cm³/mol. The van der Waals surface area contributed by atoms with Gasteiger partial charge in [0, 0.05) is 6.42 Å². The Hall–Kier alpha value is -0.120. The van der Waals surface area contributed by atoms with Gasteiger partial charge in [0.15, 0.2) is 6.61 Å². The normalized spacial score (nSPS) is 25.3. The first-order valence-corrected chi connectivity index (χ1v) is 2.41. The Kier molecular flexibility index (Phi) is 1.62. The predicted octanol–water partition coefficient (Wildman–Crippen LogP) is -0.461. The Morgan fingerprint density at radius 2 is 2.29 bits per heavy atom. The summed E-state index contributed by atoms with van der Waals surface area (Å²) in [5.74, 6) is 0. The van der Waals surface area contributed by atoms with Gasteiger partial charge in [0.25, 0.3) is 0 Å². The summed E-state index contributed by atoms with van der Waals surface area (Å²) >= 11 is 0. The highest BCUT2D eigenvalue weighted by molar-refractivity contribution is 4.37. The molecule has 0 aromatic carbocycles. The van der Waals surface area contributed by atoms with Crippen molar-refractivity contribution in [2.24, 2.45) is 0 Å². The van der Waals surface area contributed by atoms with Crippen molar-refractivity contribution >= 4 is 0 Å². The highest BCUT2D eigenvalue weighted by Crippen LogP contribution is 2.02. The highest BCUT2D eigenvalue weighted by atomic mass is 17.6. The van der Waals surface area contributed by atoms with E-state index in [-0.39, 0.29) is 0 Å².